The summed E-state index contributed by atoms with van der Waals surface area (Å²) >= 11 is 0. The molecule has 1 saturated heterocycles. The van der Waals surface area contributed by atoms with E-state index >= 15 is 0 Å². The lowest BCUT2D eigenvalue weighted by Crippen LogP contribution is -2.28. The largest absolute Gasteiger partial charge is 0.462 e. The molecule has 0 spiro atoms. The molecule has 8 nitrogen and oxygen atoms in total. The molecule has 0 unspecified atom stereocenters. The van der Waals surface area contributed by atoms with E-state index in [0.29, 0.717) is 27.9 Å². The molecule has 4 rings (SSSR count). The van der Waals surface area contributed by atoms with Crippen LogP contribution in [0.1, 0.15) is 23.7 Å². The van der Waals surface area contributed by atoms with E-state index in [1.165, 1.54) is 11.0 Å². The Morgan fingerprint density at radius 3 is 2.61 bits per heavy atom. The molecule has 1 aliphatic heterocycles. The van der Waals surface area contributed by atoms with E-state index in [2.05, 4.69) is 5.32 Å². The molecule has 2 amide bonds. The molecular weight excluding hydrogens is 400 g/mol. The maximum Gasteiger partial charge on any atom is 0.338 e. The highest BCUT2D eigenvalue weighted by Crippen LogP contribution is 2.27. The molecule has 1 aliphatic rings. The Bertz CT molecular complexity index is 1210. The van der Waals surface area contributed by atoms with Gasteiger partial charge in [-0.15, -0.1) is 0 Å². The van der Waals surface area contributed by atoms with Crippen molar-refractivity contribution in [1.29, 1.82) is 0 Å². The van der Waals surface area contributed by atoms with Gasteiger partial charge in [-0.2, -0.15) is 0 Å². The Kier molecular flexibility index (Phi) is 5.53. The molecule has 0 radical (unpaired) electrons. The zero-order valence-electron chi connectivity index (χ0n) is 16.8. The first-order valence-corrected chi connectivity index (χ1v) is 9.87. The van der Waals surface area contributed by atoms with E-state index in [9.17, 15) is 19.2 Å². The molecule has 0 bridgehead atoms. The number of hydrogen-bond acceptors (Lipinski definition) is 6. The minimum atomic E-state index is -0.512. The third-order valence-electron chi connectivity index (χ3n) is 5.07. The molecule has 0 aliphatic carbocycles. The van der Waals surface area contributed by atoms with E-state index in [-0.39, 0.29) is 31.4 Å². The van der Waals surface area contributed by atoms with Gasteiger partial charge in [0.2, 0.25) is 11.8 Å². The molecule has 31 heavy (non-hydrogen) atoms. The number of esters is 1. The van der Waals surface area contributed by atoms with Crippen molar-refractivity contribution in [2.24, 2.45) is 5.92 Å². The van der Waals surface area contributed by atoms with Gasteiger partial charge in [-0.05, 0) is 55.5 Å². The van der Waals surface area contributed by atoms with Gasteiger partial charge >= 0.3 is 11.6 Å². The van der Waals surface area contributed by atoms with Crippen LogP contribution < -0.4 is 15.8 Å². The summed E-state index contributed by atoms with van der Waals surface area (Å²) in [6.45, 7) is 2.26. The van der Waals surface area contributed by atoms with Crippen LogP contribution in [0.2, 0.25) is 0 Å². The Morgan fingerprint density at radius 1 is 1.10 bits per heavy atom. The van der Waals surface area contributed by atoms with E-state index in [4.69, 9.17) is 9.15 Å². The quantitative estimate of drug-likeness (QED) is 0.503. The topological polar surface area (TPSA) is 106 Å². The van der Waals surface area contributed by atoms with Crippen LogP contribution in [0.5, 0.6) is 0 Å². The second-order valence-electron chi connectivity index (χ2n) is 7.17. The van der Waals surface area contributed by atoms with Gasteiger partial charge in [0.05, 0.1) is 18.1 Å². The highest BCUT2D eigenvalue weighted by Gasteiger charge is 2.35. The number of ether oxygens (including phenoxy) is 1. The minimum absolute atomic E-state index is 0.0912. The molecule has 3 aromatic rings. The van der Waals surface area contributed by atoms with Crippen LogP contribution in [0.3, 0.4) is 0 Å². The second kappa shape index (κ2) is 8.43. The van der Waals surface area contributed by atoms with Crippen molar-refractivity contribution in [1.82, 2.24) is 0 Å². The first kappa shape index (κ1) is 20.3. The van der Waals surface area contributed by atoms with Gasteiger partial charge in [0.25, 0.3) is 0 Å². The molecular formula is C23H20N2O6. The Morgan fingerprint density at radius 2 is 1.87 bits per heavy atom. The number of hydrogen-bond donors (Lipinski definition) is 1. The van der Waals surface area contributed by atoms with Gasteiger partial charge < -0.3 is 19.4 Å². The fraction of sp³-hybridized carbons (Fsp3) is 0.217. The van der Waals surface area contributed by atoms with Gasteiger partial charge in [-0.3, -0.25) is 9.59 Å². The number of nitrogens with zero attached hydrogens (tertiary/aromatic N) is 1. The predicted octanol–water partition coefficient (Wildman–Crippen LogP) is 2.96. The van der Waals surface area contributed by atoms with Crippen molar-refractivity contribution in [2.75, 3.05) is 23.4 Å². The van der Waals surface area contributed by atoms with Gasteiger partial charge in [0.1, 0.15) is 5.58 Å². The number of nitrogens with one attached hydrogen (secondary N) is 1. The number of benzene rings is 2. The van der Waals surface area contributed by atoms with Crippen molar-refractivity contribution in [2.45, 2.75) is 13.3 Å². The van der Waals surface area contributed by atoms with Gasteiger partial charge in [0, 0.05) is 35.8 Å². The maximum absolute atomic E-state index is 12.7. The number of carbonyl (C=O) groups is 3. The van der Waals surface area contributed by atoms with E-state index in [1.54, 1.807) is 55.5 Å². The fourth-order valence-electron chi connectivity index (χ4n) is 3.52. The maximum atomic E-state index is 12.7. The minimum Gasteiger partial charge on any atom is -0.462 e. The summed E-state index contributed by atoms with van der Waals surface area (Å²) in [5.74, 6) is -1.37. The summed E-state index contributed by atoms with van der Waals surface area (Å²) in [5, 5.41) is 3.51. The van der Waals surface area contributed by atoms with Crippen molar-refractivity contribution >= 4 is 40.1 Å². The first-order chi connectivity index (χ1) is 14.9. The number of rotatable bonds is 5. The summed E-state index contributed by atoms with van der Waals surface area (Å²) in [4.78, 5) is 49.8. The van der Waals surface area contributed by atoms with Crippen LogP contribution in [0.4, 0.5) is 11.4 Å². The van der Waals surface area contributed by atoms with Crippen LogP contribution in [0.25, 0.3) is 11.0 Å². The summed E-state index contributed by atoms with van der Waals surface area (Å²) in [5.41, 5.74) is 1.56. The molecule has 158 valence electrons. The lowest BCUT2D eigenvalue weighted by Gasteiger charge is -2.17. The van der Waals surface area contributed by atoms with Gasteiger partial charge in [-0.1, -0.05) is 0 Å². The highest BCUT2D eigenvalue weighted by atomic mass is 16.5. The number of fused-ring (bicyclic) bond motifs is 1. The molecule has 1 atom stereocenters. The van der Waals surface area contributed by atoms with Crippen LogP contribution in [-0.4, -0.2) is 30.9 Å². The average molecular weight is 420 g/mol. The van der Waals surface area contributed by atoms with Crippen molar-refractivity contribution in [3.05, 3.63) is 70.6 Å². The van der Waals surface area contributed by atoms with E-state index < -0.39 is 17.5 Å². The molecule has 1 N–H and O–H groups in total. The average Bonchev–Trinajstić information content (AvgIpc) is 3.16. The number of carbonyl (C=O) groups excluding carboxylic acids is 3. The smallest absolute Gasteiger partial charge is 0.338 e. The summed E-state index contributed by atoms with van der Waals surface area (Å²) < 4.78 is 10.0. The molecule has 1 aromatic heterocycles. The third kappa shape index (κ3) is 4.32. The van der Waals surface area contributed by atoms with Crippen LogP contribution in [0.15, 0.2) is 63.8 Å². The van der Waals surface area contributed by atoms with Crippen molar-refractivity contribution < 1.29 is 23.5 Å². The van der Waals surface area contributed by atoms with Gasteiger partial charge in [-0.25, -0.2) is 9.59 Å². The molecule has 2 heterocycles. The lowest BCUT2D eigenvalue weighted by molar-refractivity contribution is -0.122. The van der Waals surface area contributed by atoms with E-state index in [0.717, 1.165) is 0 Å². The lowest BCUT2D eigenvalue weighted by atomic mass is 10.1. The van der Waals surface area contributed by atoms with E-state index in [1.807, 2.05) is 0 Å². The SMILES string of the molecule is CCOC(=O)c1ccc(N2C[C@@H](C(=O)Nc3ccc4oc(=O)ccc4c3)CC2=O)cc1. The first-order valence-electron chi connectivity index (χ1n) is 9.87. The van der Waals surface area contributed by atoms with Crippen molar-refractivity contribution in [3.8, 4) is 0 Å². The fourth-order valence-corrected chi connectivity index (χ4v) is 3.52. The Hall–Kier alpha value is -3.94. The Labute approximate surface area is 177 Å². The molecule has 1 fully saturated rings. The molecule has 0 saturated carbocycles. The highest BCUT2D eigenvalue weighted by molar-refractivity contribution is 6.04. The van der Waals surface area contributed by atoms with Crippen LogP contribution >= 0.6 is 0 Å². The zero-order valence-corrected chi connectivity index (χ0v) is 16.8. The van der Waals surface area contributed by atoms with Crippen LogP contribution in [0, 0.1) is 5.92 Å². The predicted molar refractivity (Wildman–Crippen MR) is 114 cm³/mol. The standard InChI is InChI=1S/C23H20N2O6/c1-2-30-23(29)14-3-7-18(8-4-14)25-13-16(12-20(25)26)22(28)24-17-6-9-19-15(11-17)5-10-21(27)31-19/h3-11,16H,2,12-13H2,1H3,(H,24,28)/t16-/m0/s1. The number of anilines is 2. The van der Waals surface area contributed by atoms with Gasteiger partial charge in [0.15, 0.2) is 0 Å². The monoisotopic (exact) mass is 420 g/mol. The zero-order chi connectivity index (χ0) is 22.0. The molecule has 8 heteroatoms. The van der Waals surface area contributed by atoms with Crippen LogP contribution in [-0.2, 0) is 14.3 Å². The second-order valence-corrected chi connectivity index (χ2v) is 7.17. The summed E-state index contributed by atoms with van der Waals surface area (Å²) in [6, 6.07) is 14.4. The Balaban J connectivity index is 1.44. The normalized spacial score (nSPS) is 15.8. The summed E-state index contributed by atoms with van der Waals surface area (Å²) in [6.07, 6.45) is 0.0912. The number of amides is 2. The molecule has 2 aromatic carbocycles. The van der Waals surface area contributed by atoms with Crippen molar-refractivity contribution in [3.63, 3.8) is 0 Å². The third-order valence-corrected chi connectivity index (χ3v) is 5.07. The summed E-state index contributed by atoms with van der Waals surface area (Å²) in [7, 11) is 0.